The Balaban J connectivity index is 2.39. The van der Waals surface area contributed by atoms with Gasteiger partial charge in [0.25, 0.3) is 0 Å². The molecule has 0 spiro atoms. The molecule has 2 rings (SSSR count). The number of hydrogen-bond acceptors (Lipinski definition) is 7. The first kappa shape index (κ1) is 13.2. The van der Waals surface area contributed by atoms with E-state index in [1.165, 1.54) is 0 Å². The van der Waals surface area contributed by atoms with Crippen LogP contribution in [0.1, 0.15) is 6.23 Å². The third-order valence-corrected chi connectivity index (χ3v) is 3.02. The Morgan fingerprint density at radius 2 is 2.17 bits per heavy atom. The zero-order chi connectivity index (χ0) is 13.4. The summed E-state index contributed by atoms with van der Waals surface area (Å²) in [4.78, 5) is 15.1. The quantitative estimate of drug-likeness (QED) is 0.496. The van der Waals surface area contributed by atoms with Crippen LogP contribution in [0.5, 0.6) is 0 Å². The first-order chi connectivity index (χ1) is 8.45. The fourth-order valence-electron chi connectivity index (χ4n) is 1.75. The molecule has 1 aliphatic heterocycles. The number of hydrogen-bond donors (Lipinski definition) is 4. The molecule has 1 aromatic rings. The first-order valence-corrected chi connectivity index (χ1v) is 5.50. The van der Waals surface area contributed by atoms with Crippen molar-refractivity contribution in [1.82, 2.24) is 9.55 Å². The number of nitrogens with two attached hydrogens (primary N) is 1. The van der Waals surface area contributed by atoms with Gasteiger partial charge in [-0.05, 0) is 0 Å². The van der Waals surface area contributed by atoms with Crippen LogP contribution in [0.25, 0.3) is 0 Å². The molecule has 0 aliphatic carbocycles. The molecular weight excluding hydrogens is 266 g/mol. The Labute approximate surface area is 106 Å². The van der Waals surface area contributed by atoms with Gasteiger partial charge in [-0.2, -0.15) is 4.98 Å². The van der Waals surface area contributed by atoms with Crippen molar-refractivity contribution >= 4 is 17.4 Å². The minimum atomic E-state index is -1.37. The summed E-state index contributed by atoms with van der Waals surface area (Å²) < 4.78 is 6.09. The van der Waals surface area contributed by atoms with Gasteiger partial charge in [0.1, 0.15) is 24.1 Å². The van der Waals surface area contributed by atoms with Crippen molar-refractivity contribution in [2.24, 2.45) is 0 Å². The second-order valence-corrected chi connectivity index (χ2v) is 4.30. The molecule has 18 heavy (non-hydrogen) atoms. The number of ether oxygens (including phenoxy) is 1. The van der Waals surface area contributed by atoms with Crippen molar-refractivity contribution in [3.63, 3.8) is 0 Å². The minimum Gasteiger partial charge on any atom is -0.394 e. The fourth-order valence-corrected chi connectivity index (χ4v) is 1.90. The van der Waals surface area contributed by atoms with E-state index in [1.54, 1.807) is 0 Å². The van der Waals surface area contributed by atoms with Crippen LogP contribution in [0.15, 0.2) is 11.0 Å². The maximum absolute atomic E-state index is 11.6. The highest BCUT2D eigenvalue weighted by Crippen LogP contribution is 2.29. The topological polar surface area (TPSA) is 131 Å². The Bertz CT molecular complexity index is 507. The molecule has 9 heteroatoms. The van der Waals surface area contributed by atoms with E-state index in [4.69, 9.17) is 27.2 Å². The van der Waals surface area contributed by atoms with Crippen molar-refractivity contribution in [3.05, 3.63) is 21.7 Å². The predicted molar refractivity (Wildman–Crippen MR) is 60.9 cm³/mol. The van der Waals surface area contributed by atoms with Crippen molar-refractivity contribution in [2.45, 2.75) is 24.5 Å². The van der Waals surface area contributed by atoms with Crippen molar-refractivity contribution < 1.29 is 20.1 Å². The minimum absolute atomic E-state index is 0.0207. The van der Waals surface area contributed by atoms with Gasteiger partial charge in [0.05, 0.1) is 11.6 Å². The highest BCUT2D eigenvalue weighted by Gasteiger charge is 2.43. The van der Waals surface area contributed by atoms with E-state index in [2.05, 4.69) is 4.98 Å². The summed E-state index contributed by atoms with van der Waals surface area (Å²) in [7, 11) is 0. The molecule has 1 fully saturated rings. The smallest absolute Gasteiger partial charge is 0.351 e. The van der Waals surface area contributed by atoms with E-state index >= 15 is 0 Å². The molecule has 0 amide bonds. The second kappa shape index (κ2) is 4.82. The molecular formula is C9H12ClN3O5. The lowest BCUT2D eigenvalue weighted by atomic mass is 10.1. The Morgan fingerprint density at radius 1 is 1.50 bits per heavy atom. The van der Waals surface area contributed by atoms with E-state index in [0.29, 0.717) is 0 Å². The van der Waals surface area contributed by atoms with Gasteiger partial charge in [-0.15, -0.1) is 0 Å². The van der Waals surface area contributed by atoms with Gasteiger partial charge in [0.2, 0.25) is 0 Å². The molecule has 100 valence electrons. The van der Waals surface area contributed by atoms with Gasteiger partial charge in [0.15, 0.2) is 6.23 Å². The molecule has 0 radical (unpaired) electrons. The van der Waals surface area contributed by atoms with Crippen molar-refractivity contribution in [2.75, 3.05) is 12.3 Å². The number of aliphatic hydroxyl groups is 3. The van der Waals surface area contributed by atoms with Gasteiger partial charge in [-0.3, -0.25) is 4.57 Å². The lowest BCUT2D eigenvalue weighted by molar-refractivity contribution is -0.0549. The molecule has 4 atom stereocenters. The molecule has 8 nitrogen and oxygen atoms in total. The Kier molecular flexibility index (Phi) is 3.55. The maximum atomic E-state index is 11.6. The number of anilines is 1. The second-order valence-electron chi connectivity index (χ2n) is 3.89. The molecule has 1 aliphatic rings. The molecule has 1 saturated heterocycles. The maximum Gasteiger partial charge on any atom is 0.351 e. The van der Waals surface area contributed by atoms with E-state index < -0.39 is 36.8 Å². The standard InChI is InChI=1S/C9H12ClN3O5/c10-3-1-13(9(17)12-7(3)11)8-6(16)5(15)4(2-14)18-8/h1,4-6,8,14-16H,2H2,(H2,11,12,17)/t4-,5-,6+,8-/m1/s1. The largest absolute Gasteiger partial charge is 0.394 e. The van der Waals surface area contributed by atoms with E-state index in [-0.39, 0.29) is 10.8 Å². The first-order valence-electron chi connectivity index (χ1n) is 5.12. The lowest BCUT2D eigenvalue weighted by Gasteiger charge is -2.17. The number of halogens is 1. The molecule has 1 aromatic heterocycles. The third-order valence-electron chi connectivity index (χ3n) is 2.73. The summed E-state index contributed by atoms with van der Waals surface area (Å²) >= 11 is 5.72. The molecule has 2 heterocycles. The Morgan fingerprint density at radius 3 is 2.72 bits per heavy atom. The molecule has 0 aromatic carbocycles. The highest BCUT2D eigenvalue weighted by molar-refractivity contribution is 6.32. The van der Waals surface area contributed by atoms with Crippen LogP contribution < -0.4 is 11.4 Å². The van der Waals surface area contributed by atoms with Crippen molar-refractivity contribution in [1.29, 1.82) is 0 Å². The summed E-state index contributed by atoms with van der Waals surface area (Å²) in [5, 5.41) is 28.3. The van der Waals surface area contributed by atoms with Crippen LogP contribution >= 0.6 is 11.6 Å². The summed E-state index contributed by atoms with van der Waals surface area (Å²) in [6, 6.07) is 0. The van der Waals surface area contributed by atoms with E-state index in [1.807, 2.05) is 0 Å². The van der Waals surface area contributed by atoms with Gasteiger partial charge < -0.3 is 25.8 Å². The average Bonchev–Trinajstić information content (AvgIpc) is 2.61. The number of rotatable bonds is 2. The van der Waals surface area contributed by atoms with Gasteiger partial charge >= 0.3 is 5.69 Å². The third kappa shape index (κ3) is 2.08. The number of nitrogens with zero attached hydrogens (tertiary/aromatic N) is 2. The van der Waals surface area contributed by atoms with Crippen LogP contribution in [-0.2, 0) is 4.74 Å². The SMILES string of the molecule is Nc1nc(=O)n([C@@H]2O[C@H](CO)[C@@H](O)[C@@H]2O)cc1Cl. The normalized spacial score (nSPS) is 31.8. The van der Waals surface area contributed by atoms with Crippen LogP contribution in [0, 0.1) is 0 Å². The molecule has 0 unspecified atom stereocenters. The van der Waals surface area contributed by atoms with Gasteiger partial charge in [0, 0.05) is 6.20 Å². The Hall–Kier alpha value is -1.19. The summed E-state index contributed by atoms with van der Waals surface area (Å²) in [5.41, 5.74) is 4.58. The van der Waals surface area contributed by atoms with E-state index in [9.17, 15) is 15.0 Å². The van der Waals surface area contributed by atoms with Crippen molar-refractivity contribution in [3.8, 4) is 0 Å². The number of aromatic nitrogens is 2. The summed E-state index contributed by atoms with van der Waals surface area (Å²) in [6.07, 6.45) is -3.67. The van der Waals surface area contributed by atoms with Crippen LogP contribution in [0.3, 0.4) is 0 Å². The molecule has 0 saturated carbocycles. The van der Waals surface area contributed by atoms with Crippen LogP contribution in [0.4, 0.5) is 5.82 Å². The predicted octanol–water partition coefficient (Wildman–Crippen LogP) is -1.91. The number of nitrogen functional groups attached to an aromatic ring is 1. The van der Waals surface area contributed by atoms with Gasteiger partial charge in [-0.25, -0.2) is 4.79 Å². The summed E-state index contributed by atoms with van der Waals surface area (Å²) in [5.74, 6) is -0.135. The summed E-state index contributed by atoms with van der Waals surface area (Å²) in [6.45, 7) is -0.486. The van der Waals surface area contributed by atoms with Gasteiger partial charge in [-0.1, -0.05) is 11.6 Å². The number of aliphatic hydroxyl groups excluding tert-OH is 3. The zero-order valence-electron chi connectivity index (χ0n) is 9.10. The van der Waals surface area contributed by atoms with Crippen LogP contribution in [0.2, 0.25) is 5.02 Å². The fraction of sp³-hybridized carbons (Fsp3) is 0.556. The van der Waals surface area contributed by atoms with E-state index in [0.717, 1.165) is 10.8 Å². The lowest BCUT2D eigenvalue weighted by Crippen LogP contribution is -2.36. The zero-order valence-corrected chi connectivity index (χ0v) is 9.86. The highest BCUT2D eigenvalue weighted by atomic mass is 35.5. The van der Waals surface area contributed by atoms with Crippen LogP contribution in [-0.4, -0.2) is 49.8 Å². The molecule has 0 bridgehead atoms. The molecule has 5 N–H and O–H groups in total. The monoisotopic (exact) mass is 277 g/mol. The average molecular weight is 278 g/mol.